The quantitative estimate of drug-likeness (QED) is 0.334. The van der Waals surface area contributed by atoms with Crippen molar-refractivity contribution in [3.63, 3.8) is 0 Å². The first-order valence-electron chi connectivity index (χ1n) is 5.16. The topological polar surface area (TPSA) is 52.4 Å². The van der Waals surface area contributed by atoms with E-state index in [9.17, 15) is 36.5 Å². The van der Waals surface area contributed by atoms with Gasteiger partial charge in [-0.15, -0.1) is 0 Å². The maximum absolute atomic E-state index is 13.6. The van der Waals surface area contributed by atoms with Crippen LogP contribution >= 0.6 is 12.0 Å². The van der Waals surface area contributed by atoms with Crippen LogP contribution in [-0.4, -0.2) is 23.0 Å². The molecular formula is C10H7F6NO3S. The van der Waals surface area contributed by atoms with Crippen LogP contribution in [0.3, 0.4) is 0 Å². The molecule has 0 saturated heterocycles. The van der Waals surface area contributed by atoms with Crippen molar-refractivity contribution >= 4 is 17.7 Å². The van der Waals surface area contributed by atoms with Gasteiger partial charge in [-0.05, 0) is 5.56 Å². The smallest absolute Gasteiger partial charge is 0.301 e. The normalized spacial score (nSPS) is 14.0. The number of nitrogens with zero attached hydrogens (tertiary/aromatic N) is 1. The summed E-state index contributed by atoms with van der Waals surface area (Å²) in [6.07, 6.45) is -3.04. The minimum Gasteiger partial charge on any atom is -0.301 e. The van der Waals surface area contributed by atoms with E-state index in [-0.39, 0.29) is 0 Å². The molecule has 0 bridgehead atoms. The van der Waals surface area contributed by atoms with Gasteiger partial charge in [-0.2, -0.15) is 13.2 Å². The number of nitro groups is 1. The Balaban J connectivity index is 2.78. The molecule has 21 heavy (non-hydrogen) atoms. The van der Waals surface area contributed by atoms with Crippen LogP contribution in [0.4, 0.5) is 32.0 Å². The molecule has 118 valence electrons. The van der Waals surface area contributed by atoms with Gasteiger partial charge in [0.1, 0.15) is 18.6 Å². The largest absolute Gasteiger partial charge is 0.467 e. The maximum atomic E-state index is 13.6. The minimum atomic E-state index is -4.90. The molecule has 0 heterocycles. The van der Waals surface area contributed by atoms with Crippen LogP contribution in [0.5, 0.6) is 0 Å². The highest BCUT2D eigenvalue weighted by molar-refractivity contribution is 7.95. The number of hydrogen-bond acceptors (Lipinski definition) is 4. The molecule has 0 fully saturated rings. The number of non-ortho nitro benzene ring substituents is 1. The molecule has 0 spiro atoms. The van der Waals surface area contributed by atoms with Crippen LogP contribution in [0.15, 0.2) is 24.3 Å². The summed E-state index contributed by atoms with van der Waals surface area (Å²) < 4.78 is 79.2. The Labute approximate surface area is 118 Å². The highest BCUT2D eigenvalue weighted by Gasteiger charge is 2.43. The zero-order valence-electron chi connectivity index (χ0n) is 9.94. The van der Waals surface area contributed by atoms with Gasteiger partial charge in [0.15, 0.2) is 6.17 Å². The van der Waals surface area contributed by atoms with Gasteiger partial charge < -0.3 is 4.18 Å². The molecule has 0 radical (unpaired) electrons. The lowest BCUT2D eigenvalue weighted by molar-refractivity contribution is -0.385. The number of alkyl halides is 6. The number of nitro benzene ring substituents is 1. The van der Waals surface area contributed by atoms with Crippen molar-refractivity contribution in [3.05, 3.63) is 39.9 Å². The molecule has 0 aliphatic carbocycles. The molecule has 4 nitrogen and oxygen atoms in total. The van der Waals surface area contributed by atoms with E-state index >= 15 is 0 Å². The predicted molar refractivity (Wildman–Crippen MR) is 61.5 cm³/mol. The molecule has 1 aromatic carbocycles. The zero-order chi connectivity index (χ0) is 16.3. The standard InChI is InChI=1S/C10H7F6NO3S/c11-8(6-2-1-3-7(4-6)17(18)19)9(12,13)5-20-21-10(14,15)16/h1-4,8H,5H2. The monoisotopic (exact) mass is 335 g/mol. The summed E-state index contributed by atoms with van der Waals surface area (Å²) in [6, 6.07) is 3.39. The summed E-state index contributed by atoms with van der Waals surface area (Å²) in [4.78, 5) is 9.54. The van der Waals surface area contributed by atoms with Crippen molar-refractivity contribution in [1.82, 2.24) is 0 Å². The van der Waals surface area contributed by atoms with Crippen LogP contribution in [0.1, 0.15) is 11.7 Å². The fourth-order valence-corrected chi connectivity index (χ4v) is 1.64. The van der Waals surface area contributed by atoms with Crippen molar-refractivity contribution in [2.75, 3.05) is 6.61 Å². The SMILES string of the molecule is O=[N+]([O-])c1cccc(C(F)C(F)(F)COSC(F)(F)F)c1. The molecular weight excluding hydrogens is 328 g/mol. The maximum Gasteiger partial charge on any atom is 0.467 e. The molecule has 0 N–H and O–H groups in total. The highest BCUT2D eigenvalue weighted by atomic mass is 32.2. The summed E-state index contributed by atoms with van der Waals surface area (Å²) >= 11 is -1.17. The van der Waals surface area contributed by atoms with Crippen LogP contribution in [-0.2, 0) is 4.18 Å². The van der Waals surface area contributed by atoms with Crippen molar-refractivity contribution < 1.29 is 35.4 Å². The average Bonchev–Trinajstić information content (AvgIpc) is 2.36. The molecule has 0 aliphatic rings. The summed E-state index contributed by atoms with van der Waals surface area (Å²) in [7, 11) is 0. The Morgan fingerprint density at radius 3 is 2.43 bits per heavy atom. The lowest BCUT2D eigenvalue weighted by Gasteiger charge is -2.20. The van der Waals surface area contributed by atoms with Crippen LogP contribution in [0.25, 0.3) is 0 Å². The van der Waals surface area contributed by atoms with E-state index in [1.807, 2.05) is 0 Å². The Morgan fingerprint density at radius 1 is 1.29 bits per heavy atom. The van der Waals surface area contributed by atoms with E-state index in [0.29, 0.717) is 6.07 Å². The third-order valence-electron chi connectivity index (χ3n) is 2.15. The van der Waals surface area contributed by atoms with E-state index in [1.54, 1.807) is 0 Å². The third-order valence-corrected chi connectivity index (χ3v) is 2.57. The number of hydrogen-bond donors (Lipinski definition) is 0. The first-order chi connectivity index (χ1) is 9.53. The second-order valence-corrected chi connectivity index (χ2v) is 4.63. The molecule has 0 aromatic heterocycles. The molecule has 11 heteroatoms. The van der Waals surface area contributed by atoms with Gasteiger partial charge in [0.2, 0.25) is 0 Å². The van der Waals surface area contributed by atoms with Crippen molar-refractivity contribution in [3.8, 4) is 0 Å². The predicted octanol–water partition coefficient (Wildman–Crippen LogP) is 4.43. The van der Waals surface area contributed by atoms with E-state index in [1.165, 1.54) is 0 Å². The Morgan fingerprint density at radius 2 is 1.90 bits per heavy atom. The molecule has 0 saturated carbocycles. The molecule has 1 rings (SSSR count). The molecule has 0 amide bonds. The van der Waals surface area contributed by atoms with Crippen molar-refractivity contribution in [2.24, 2.45) is 0 Å². The van der Waals surface area contributed by atoms with Gasteiger partial charge >= 0.3 is 11.4 Å². The lowest BCUT2D eigenvalue weighted by atomic mass is 10.0. The van der Waals surface area contributed by atoms with Gasteiger partial charge in [0.05, 0.1) is 4.92 Å². The molecule has 1 atom stereocenters. The van der Waals surface area contributed by atoms with Crippen molar-refractivity contribution in [1.29, 1.82) is 0 Å². The number of halogens is 6. The van der Waals surface area contributed by atoms with Gasteiger partial charge in [0.25, 0.3) is 5.69 Å². The third kappa shape index (κ3) is 5.42. The van der Waals surface area contributed by atoms with Crippen molar-refractivity contribution in [2.45, 2.75) is 17.6 Å². The van der Waals surface area contributed by atoms with Crippen LogP contribution in [0.2, 0.25) is 0 Å². The van der Waals surface area contributed by atoms with E-state index in [4.69, 9.17) is 0 Å². The van der Waals surface area contributed by atoms with E-state index < -0.39 is 52.4 Å². The fraction of sp³-hybridized carbons (Fsp3) is 0.400. The highest BCUT2D eigenvalue weighted by Crippen LogP contribution is 2.39. The Bertz CT molecular complexity index is 510. The minimum absolute atomic E-state index is 0.579. The zero-order valence-corrected chi connectivity index (χ0v) is 10.8. The fourth-order valence-electron chi connectivity index (χ4n) is 1.29. The lowest BCUT2D eigenvalue weighted by Crippen LogP contribution is -2.29. The second kappa shape index (κ2) is 6.52. The molecule has 1 unspecified atom stereocenters. The Hall–Kier alpha value is -1.49. The molecule has 1 aromatic rings. The number of benzene rings is 1. The first kappa shape index (κ1) is 17.6. The second-order valence-electron chi connectivity index (χ2n) is 3.77. The summed E-state index contributed by atoms with van der Waals surface area (Å²) in [5.74, 6) is -4.27. The first-order valence-corrected chi connectivity index (χ1v) is 5.91. The summed E-state index contributed by atoms with van der Waals surface area (Å²) in [5, 5.41) is 10.5. The van der Waals surface area contributed by atoms with Gasteiger partial charge in [-0.1, -0.05) is 12.1 Å². The summed E-state index contributed by atoms with van der Waals surface area (Å²) in [6.45, 7) is -1.83. The van der Waals surface area contributed by atoms with Gasteiger partial charge in [0, 0.05) is 12.1 Å². The van der Waals surface area contributed by atoms with Crippen LogP contribution < -0.4 is 0 Å². The summed E-state index contributed by atoms with van der Waals surface area (Å²) in [5.41, 5.74) is -6.24. The van der Waals surface area contributed by atoms with Gasteiger partial charge in [-0.3, -0.25) is 10.1 Å². The average molecular weight is 335 g/mol. The number of rotatable bonds is 6. The van der Waals surface area contributed by atoms with E-state index in [2.05, 4.69) is 4.18 Å². The van der Waals surface area contributed by atoms with E-state index in [0.717, 1.165) is 18.2 Å². The van der Waals surface area contributed by atoms with Gasteiger partial charge in [-0.25, -0.2) is 13.2 Å². The Kier molecular flexibility index (Phi) is 5.45. The molecule has 0 aliphatic heterocycles. The van der Waals surface area contributed by atoms with Crippen LogP contribution in [0, 0.1) is 10.1 Å².